The van der Waals surface area contributed by atoms with E-state index in [0.717, 1.165) is 5.56 Å². The monoisotopic (exact) mass is 383 g/mol. The molecule has 5 nitrogen and oxygen atoms in total. The first-order valence-corrected chi connectivity index (χ1v) is 10.0. The van der Waals surface area contributed by atoms with Crippen molar-refractivity contribution in [3.63, 3.8) is 0 Å². The molecule has 140 valence electrons. The Morgan fingerprint density at radius 1 is 0.926 bits per heavy atom. The van der Waals surface area contributed by atoms with Gasteiger partial charge in [-0.2, -0.15) is 8.42 Å². The molecule has 0 unspecified atom stereocenters. The van der Waals surface area contributed by atoms with Crippen LogP contribution in [0.15, 0.2) is 65.6 Å². The second-order valence-electron chi connectivity index (χ2n) is 6.60. The molecular weight excluding hydrogens is 362 g/mol. The summed E-state index contributed by atoms with van der Waals surface area (Å²) in [4.78, 5) is 11.5. The number of hydrogen-bond acceptors (Lipinski definition) is 4. The zero-order chi connectivity index (χ0) is 19.6. The van der Waals surface area contributed by atoms with Crippen LogP contribution in [0.4, 0.5) is 5.69 Å². The minimum atomic E-state index is -3.97. The second-order valence-corrected chi connectivity index (χ2v) is 8.15. The van der Waals surface area contributed by atoms with E-state index in [1.54, 1.807) is 54.6 Å². The van der Waals surface area contributed by atoms with Gasteiger partial charge in [0, 0.05) is 23.4 Å². The molecule has 3 rings (SSSR count). The molecule has 0 aliphatic rings. The highest BCUT2D eigenvalue weighted by molar-refractivity contribution is 7.87. The highest BCUT2D eigenvalue weighted by Crippen LogP contribution is 2.33. The van der Waals surface area contributed by atoms with E-state index < -0.39 is 10.1 Å². The molecule has 0 saturated heterocycles. The van der Waals surface area contributed by atoms with Crippen LogP contribution in [-0.4, -0.2) is 14.3 Å². The summed E-state index contributed by atoms with van der Waals surface area (Å²) in [6.45, 7) is 5.51. The summed E-state index contributed by atoms with van der Waals surface area (Å²) in [6, 6.07) is 17.0. The lowest BCUT2D eigenvalue weighted by Crippen LogP contribution is -2.11. The SMILES string of the molecule is CC(=O)Nc1ccc(OS(=O)(=O)c2ccc(C(C)C)cc2)c2ccccc12. The number of carbonyl (C=O) groups excluding carboxylic acids is 1. The molecule has 0 aromatic heterocycles. The average Bonchev–Trinajstić information content (AvgIpc) is 2.63. The largest absolute Gasteiger partial charge is 0.378 e. The van der Waals surface area contributed by atoms with E-state index in [1.165, 1.54) is 6.92 Å². The number of nitrogens with one attached hydrogen (secondary N) is 1. The molecular formula is C21H21NO4S. The van der Waals surface area contributed by atoms with Gasteiger partial charge < -0.3 is 9.50 Å². The van der Waals surface area contributed by atoms with Crippen molar-refractivity contribution < 1.29 is 17.4 Å². The van der Waals surface area contributed by atoms with Crippen LogP contribution >= 0.6 is 0 Å². The maximum atomic E-state index is 12.7. The Kier molecular flexibility index (Phi) is 5.19. The van der Waals surface area contributed by atoms with E-state index in [4.69, 9.17) is 4.18 Å². The topological polar surface area (TPSA) is 72.5 Å². The van der Waals surface area contributed by atoms with Crippen molar-refractivity contribution in [3.8, 4) is 5.75 Å². The van der Waals surface area contributed by atoms with Crippen LogP contribution in [0.5, 0.6) is 5.75 Å². The second kappa shape index (κ2) is 7.40. The van der Waals surface area contributed by atoms with Gasteiger partial charge in [0.1, 0.15) is 4.90 Å². The molecule has 1 N–H and O–H groups in total. The van der Waals surface area contributed by atoms with E-state index >= 15 is 0 Å². The zero-order valence-electron chi connectivity index (χ0n) is 15.4. The van der Waals surface area contributed by atoms with E-state index in [1.807, 2.05) is 19.9 Å². The van der Waals surface area contributed by atoms with Crippen molar-refractivity contribution in [2.45, 2.75) is 31.6 Å². The van der Waals surface area contributed by atoms with Crippen LogP contribution in [0.2, 0.25) is 0 Å². The van der Waals surface area contributed by atoms with Crippen LogP contribution in [0, 0.1) is 0 Å². The van der Waals surface area contributed by atoms with Gasteiger partial charge in [-0.1, -0.05) is 50.2 Å². The predicted molar refractivity (Wildman–Crippen MR) is 107 cm³/mol. The average molecular weight is 383 g/mol. The van der Waals surface area contributed by atoms with Gasteiger partial charge in [0.25, 0.3) is 0 Å². The maximum absolute atomic E-state index is 12.7. The van der Waals surface area contributed by atoms with Crippen molar-refractivity contribution in [1.29, 1.82) is 0 Å². The molecule has 0 aliphatic heterocycles. The van der Waals surface area contributed by atoms with Crippen LogP contribution in [0.3, 0.4) is 0 Å². The van der Waals surface area contributed by atoms with E-state index in [-0.39, 0.29) is 16.6 Å². The Bertz CT molecular complexity index is 1090. The first kappa shape index (κ1) is 18.9. The van der Waals surface area contributed by atoms with Crippen molar-refractivity contribution >= 4 is 32.5 Å². The van der Waals surface area contributed by atoms with Crippen LogP contribution in [0.25, 0.3) is 10.8 Å². The Labute approximate surface area is 159 Å². The first-order chi connectivity index (χ1) is 12.8. The molecule has 6 heteroatoms. The number of hydrogen-bond donors (Lipinski definition) is 1. The summed E-state index contributed by atoms with van der Waals surface area (Å²) in [5, 5.41) is 4.05. The van der Waals surface area contributed by atoms with Crippen molar-refractivity contribution in [3.05, 3.63) is 66.2 Å². The van der Waals surface area contributed by atoms with Gasteiger partial charge in [-0.05, 0) is 35.7 Å². The minimum absolute atomic E-state index is 0.0990. The normalized spacial score (nSPS) is 11.6. The lowest BCUT2D eigenvalue weighted by Gasteiger charge is -2.13. The van der Waals surface area contributed by atoms with E-state index in [9.17, 15) is 13.2 Å². The van der Waals surface area contributed by atoms with Crippen LogP contribution in [-0.2, 0) is 14.9 Å². The standard InChI is InChI=1S/C21H21NO4S/c1-14(2)16-8-10-17(11-9-16)27(24,25)26-21-13-12-20(22-15(3)23)18-6-4-5-7-19(18)21/h4-14H,1-3H3,(H,22,23). The first-order valence-electron chi connectivity index (χ1n) is 8.62. The third-order valence-corrected chi connectivity index (χ3v) is 5.48. The van der Waals surface area contributed by atoms with Gasteiger partial charge >= 0.3 is 10.1 Å². The number of fused-ring (bicyclic) bond motifs is 1. The fourth-order valence-electron chi connectivity index (χ4n) is 2.83. The summed E-state index contributed by atoms with van der Waals surface area (Å²) >= 11 is 0. The Morgan fingerprint density at radius 3 is 2.15 bits per heavy atom. The third kappa shape index (κ3) is 4.11. The molecule has 3 aromatic carbocycles. The summed E-state index contributed by atoms with van der Waals surface area (Å²) in [6.07, 6.45) is 0. The molecule has 0 bridgehead atoms. The molecule has 0 atom stereocenters. The highest BCUT2D eigenvalue weighted by atomic mass is 32.2. The smallest absolute Gasteiger partial charge is 0.339 e. The van der Waals surface area contributed by atoms with Crippen molar-refractivity contribution in [2.24, 2.45) is 0 Å². The minimum Gasteiger partial charge on any atom is -0.378 e. The Hall–Kier alpha value is -2.86. The molecule has 0 saturated carbocycles. The maximum Gasteiger partial charge on any atom is 0.339 e. The lowest BCUT2D eigenvalue weighted by molar-refractivity contribution is -0.114. The van der Waals surface area contributed by atoms with Gasteiger partial charge in [-0.15, -0.1) is 0 Å². The van der Waals surface area contributed by atoms with Crippen LogP contribution in [0.1, 0.15) is 32.3 Å². The van der Waals surface area contributed by atoms with E-state index in [0.29, 0.717) is 22.4 Å². The number of benzene rings is 3. The molecule has 1 amide bonds. The van der Waals surface area contributed by atoms with Gasteiger partial charge in [0.15, 0.2) is 5.75 Å². The Balaban J connectivity index is 1.99. The highest BCUT2D eigenvalue weighted by Gasteiger charge is 2.19. The summed E-state index contributed by atoms with van der Waals surface area (Å²) in [5.41, 5.74) is 1.66. The predicted octanol–water partition coefficient (Wildman–Crippen LogP) is 4.69. The van der Waals surface area contributed by atoms with Gasteiger partial charge in [0.05, 0.1) is 0 Å². The van der Waals surface area contributed by atoms with Crippen molar-refractivity contribution in [1.82, 2.24) is 0 Å². The number of carbonyl (C=O) groups is 1. The van der Waals surface area contributed by atoms with Crippen LogP contribution < -0.4 is 9.50 Å². The number of anilines is 1. The fourth-order valence-corrected chi connectivity index (χ4v) is 3.78. The quantitative estimate of drug-likeness (QED) is 0.649. The number of amides is 1. The molecule has 3 aromatic rings. The van der Waals surface area contributed by atoms with E-state index in [2.05, 4.69) is 5.32 Å². The van der Waals surface area contributed by atoms with Gasteiger partial charge in [-0.3, -0.25) is 4.79 Å². The zero-order valence-corrected chi connectivity index (χ0v) is 16.2. The molecule has 27 heavy (non-hydrogen) atoms. The molecule has 0 radical (unpaired) electrons. The van der Waals surface area contributed by atoms with Gasteiger partial charge in [-0.25, -0.2) is 0 Å². The molecule has 0 spiro atoms. The van der Waals surface area contributed by atoms with Crippen molar-refractivity contribution in [2.75, 3.05) is 5.32 Å². The molecule has 0 heterocycles. The fraction of sp³-hybridized carbons (Fsp3) is 0.190. The summed E-state index contributed by atoms with van der Waals surface area (Å²) in [7, 11) is -3.97. The van der Waals surface area contributed by atoms with Gasteiger partial charge in [0.2, 0.25) is 5.91 Å². The third-order valence-electron chi connectivity index (χ3n) is 4.23. The summed E-state index contributed by atoms with van der Waals surface area (Å²) < 4.78 is 30.8. The number of rotatable bonds is 5. The Morgan fingerprint density at radius 2 is 1.56 bits per heavy atom. The lowest BCUT2D eigenvalue weighted by atomic mass is 10.0. The molecule has 0 aliphatic carbocycles. The summed E-state index contributed by atoms with van der Waals surface area (Å²) in [5.74, 6) is 0.326. The molecule has 0 fully saturated rings.